The van der Waals surface area contributed by atoms with Gasteiger partial charge in [0.05, 0.1) is 17.7 Å². The second-order valence-electron chi connectivity index (χ2n) is 9.87. The molecule has 0 amide bonds. The Balaban J connectivity index is 1.01. The van der Waals surface area contributed by atoms with Crippen LogP contribution in [0.3, 0.4) is 0 Å². The highest BCUT2D eigenvalue weighted by molar-refractivity contribution is 7.99. The maximum absolute atomic E-state index is 6.67. The summed E-state index contributed by atoms with van der Waals surface area (Å²) in [6, 6.07) is 16.9. The van der Waals surface area contributed by atoms with Crippen molar-refractivity contribution in [2.75, 3.05) is 26.2 Å². The van der Waals surface area contributed by atoms with Crippen LogP contribution in [0.4, 0.5) is 0 Å². The monoisotopic (exact) mass is 454 g/mol. The van der Waals surface area contributed by atoms with Gasteiger partial charge in [-0.15, -0.1) is 11.8 Å². The highest BCUT2D eigenvalue weighted by Gasteiger charge is 2.69. The van der Waals surface area contributed by atoms with E-state index in [0.717, 1.165) is 60.9 Å². The van der Waals surface area contributed by atoms with Crippen LogP contribution in [0.2, 0.25) is 5.15 Å². The van der Waals surface area contributed by atoms with Gasteiger partial charge in [-0.2, -0.15) is 0 Å². The van der Waals surface area contributed by atoms with Crippen LogP contribution in [0.15, 0.2) is 53.6 Å². The van der Waals surface area contributed by atoms with Crippen LogP contribution in [0.25, 0.3) is 0 Å². The van der Waals surface area contributed by atoms with Crippen molar-refractivity contribution < 1.29 is 4.74 Å². The van der Waals surface area contributed by atoms with Crippen LogP contribution in [-0.4, -0.2) is 41.4 Å². The fraction of sp³-hybridized carbons (Fsp3) is 0.577. The number of rotatable bonds is 8. The Morgan fingerprint density at radius 1 is 1.03 bits per heavy atom. The maximum atomic E-state index is 6.67. The first-order chi connectivity index (χ1) is 15.3. The van der Waals surface area contributed by atoms with E-state index in [1.807, 2.05) is 23.9 Å². The lowest BCUT2D eigenvalue weighted by molar-refractivity contribution is -0.0130. The summed E-state index contributed by atoms with van der Waals surface area (Å²) in [6.45, 7) is 4.19. The van der Waals surface area contributed by atoms with Crippen molar-refractivity contribution in [1.29, 1.82) is 0 Å². The van der Waals surface area contributed by atoms with Gasteiger partial charge in [-0.25, -0.2) is 4.98 Å². The standard InChI is InChI=1S/C26H31ClN2OS/c27-22-7-4-8-23(28-22)31-19-9-11-29(12-10-19)13-14-30-26(17-5-2-1-3-6-17)24-18-15-20-21(16-18)25(20)24/h1-8,18-21,24-26H,9-16H2. The van der Waals surface area contributed by atoms with E-state index in [1.54, 1.807) is 0 Å². The highest BCUT2D eigenvalue weighted by Crippen LogP contribution is 2.75. The molecular weight excluding hydrogens is 424 g/mol. The Morgan fingerprint density at radius 3 is 2.48 bits per heavy atom. The van der Waals surface area contributed by atoms with Crippen molar-refractivity contribution in [1.82, 2.24) is 9.88 Å². The summed E-state index contributed by atoms with van der Waals surface area (Å²) in [5.41, 5.74) is 1.40. The van der Waals surface area contributed by atoms with Gasteiger partial charge in [0.1, 0.15) is 5.15 Å². The number of likely N-dealkylation sites (tertiary alicyclic amines) is 1. The normalized spacial score (nSPS) is 33.0. The van der Waals surface area contributed by atoms with E-state index in [-0.39, 0.29) is 0 Å². The Hall–Kier alpha value is -1.07. The number of ether oxygens (including phenoxy) is 1. The predicted molar refractivity (Wildman–Crippen MR) is 126 cm³/mol. The Bertz CT molecular complexity index is 889. The van der Waals surface area contributed by atoms with Gasteiger partial charge in [0.15, 0.2) is 0 Å². The molecule has 1 aromatic heterocycles. The molecule has 31 heavy (non-hydrogen) atoms. The summed E-state index contributed by atoms with van der Waals surface area (Å²) in [5, 5.41) is 2.27. The molecule has 0 spiro atoms. The number of benzene rings is 1. The average Bonchev–Trinajstić information content (AvgIpc) is 3.14. The number of hydrogen-bond acceptors (Lipinski definition) is 4. The lowest BCUT2D eigenvalue weighted by atomic mass is 9.88. The van der Waals surface area contributed by atoms with Crippen LogP contribution in [0, 0.1) is 29.6 Å². The molecule has 2 heterocycles. The summed E-state index contributed by atoms with van der Waals surface area (Å²) in [4.78, 5) is 7.02. The Kier molecular flexibility index (Phi) is 5.76. The third-order valence-electron chi connectivity index (χ3n) is 8.23. The third kappa shape index (κ3) is 4.17. The molecular formula is C26H31ClN2OS. The molecule has 1 saturated heterocycles. The third-order valence-corrected chi connectivity index (χ3v) is 9.71. The number of halogens is 1. The second-order valence-corrected chi connectivity index (χ2v) is 11.6. The zero-order valence-electron chi connectivity index (χ0n) is 17.9. The van der Waals surface area contributed by atoms with Crippen molar-refractivity contribution in [3.63, 3.8) is 0 Å². The zero-order valence-corrected chi connectivity index (χ0v) is 19.5. The van der Waals surface area contributed by atoms with Gasteiger partial charge in [-0.1, -0.05) is 48.0 Å². The summed E-state index contributed by atoms with van der Waals surface area (Å²) in [5.74, 6) is 4.72. The number of pyridine rings is 1. The molecule has 3 nitrogen and oxygen atoms in total. The van der Waals surface area contributed by atoms with Crippen molar-refractivity contribution in [2.45, 2.75) is 42.1 Å². The van der Waals surface area contributed by atoms with E-state index in [1.165, 1.54) is 31.2 Å². The number of hydrogen-bond donors (Lipinski definition) is 0. The first-order valence-corrected chi connectivity index (χ1v) is 13.2. The van der Waals surface area contributed by atoms with Crippen LogP contribution < -0.4 is 0 Å². The van der Waals surface area contributed by atoms with Crippen LogP contribution >= 0.6 is 23.4 Å². The molecule has 5 fully saturated rings. The molecule has 4 bridgehead atoms. The topological polar surface area (TPSA) is 25.4 Å². The van der Waals surface area contributed by atoms with Crippen LogP contribution in [0.1, 0.15) is 37.4 Å². The SMILES string of the molecule is Clc1cccc(SC2CCN(CCOC(c3ccccc3)C3C4CC5C(C4)C53)CC2)n1. The van der Waals surface area contributed by atoms with Gasteiger partial charge in [0.2, 0.25) is 0 Å². The minimum absolute atomic E-state index is 0.302. The number of piperidine rings is 1. The lowest BCUT2D eigenvalue weighted by Gasteiger charge is -2.33. The number of nitrogens with zero attached hydrogens (tertiary/aromatic N) is 2. The quantitative estimate of drug-likeness (QED) is 0.460. The van der Waals surface area contributed by atoms with Gasteiger partial charge in [0, 0.05) is 11.8 Å². The molecule has 2 aromatic rings. The zero-order chi connectivity index (χ0) is 20.8. The maximum Gasteiger partial charge on any atom is 0.130 e. The molecule has 0 radical (unpaired) electrons. The van der Waals surface area contributed by atoms with Gasteiger partial charge in [-0.05, 0) is 86.1 Å². The van der Waals surface area contributed by atoms with Crippen LogP contribution in [-0.2, 0) is 4.74 Å². The summed E-state index contributed by atoms with van der Waals surface area (Å²) >= 11 is 7.92. The molecule has 7 rings (SSSR count). The molecule has 5 heteroatoms. The molecule has 1 aromatic carbocycles. The Labute approximate surface area is 194 Å². The van der Waals surface area contributed by atoms with Crippen LogP contribution in [0.5, 0.6) is 0 Å². The van der Waals surface area contributed by atoms with E-state index in [4.69, 9.17) is 16.3 Å². The minimum Gasteiger partial charge on any atom is -0.372 e. The largest absolute Gasteiger partial charge is 0.372 e. The smallest absolute Gasteiger partial charge is 0.130 e. The van der Waals surface area contributed by atoms with Gasteiger partial charge in [-0.3, -0.25) is 0 Å². The average molecular weight is 455 g/mol. The van der Waals surface area contributed by atoms with Gasteiger partial charge < -0.3 is 9.64 Å². The minimum atomic E-state index is 0.302. The highest BCUT2D eigenvalue weighted by atomic mass is 35.5. The summed E-state index contributed by atoms with van der Waals surface area (Å²) in [6.07, 6.45) is 5.66. The van der Waals surface area contributed by atoms with E-state index in [9.17, 15) is 0 Å². The predicted octanol–water partition coefficient (Wildman–Crippen LogP) is 5.95. The fourth-order valence-corrected chi connectivity index (χ4v) is 8.15. The number of aromatic nitrogens is 1. The van der Waals surface area contributed by atoms with Crippen molar-refractivity contribution in [3.05, 3.63) is 59.2 Å². The number of thioether (sulfide) groups is 1. The van der Waals surface area contributed by atoms with Gasteiger partial charge in [0.25, 0.3) is 0 Å². The molecule has 164 valence electrons. The van der Waals surface area contributed by atoms with Crippen molar-refractivity contribution >= 4 is 23.4 Å². The first-order valence-electron chi connectivity index (χ1n) is 11.9. The molecule has 4 aliphatic carbocycles. The molecule has 5 aliphatic rings. The molecule has 4 atom stereocenters. The fourth-order valence-electron chi connectivity index (χ4n) is 6.84. The molecule has 1 aliphatic heterocycles. The van der Waals surface area contributed by atoms with E-state index < -0.39 is 0 Å². The van der Waals surface area contributed by atoms with E-state index >= 15 is 0 Å². The summed E-state index contributed by atoms with van der Waals surface area (Å²) < 4.78 is 6.67. The lowest BCUT2D eigenvalue weighted by Crippen LogP contribution is -2.37. The summed E-state index contributed by atoms with van der Waals surface area (Å²) in [7, 11) is 0. The first kappa shape index (κ1) is 20.5. The molecule has 4 saturated carbocycles. The van der Waals surface area contributed by atoms with Crippen molar-refractivity contribution in [2.24, 2.45) is 29.6 Å². The van der Waals surface area contributed by atoms with E-state index in [2.05, 4.69) is 46.3 Å². The molecule has 4 unspecified atom stereocenters. The molecule has 0 N–H and O–H groups in total. The Morgan fingerprint density at radius 2 is 1.81 bits per heavy atom. The van der Waals surface area contributed by atoms with Crippen molar-refractivity contribution in [3.8, 4) is 0 Å². The van der Waals surface area contributed by atoms with Gasteiger partial charge >= 0.3 is 0 Å². The van der Waals surface area contributed by atoms with E-state index in [0.29, 0.717) is 16.5 Å². The second kappa shape index (κ2) is 8.70.